The van der Waals surface area contributed by atoms with E-state index in [1.807, 2.05) is 0 Å². The summed E-state index contributed by atoms with van der Waals surface area (Å²) >= 11 is 0. The van der Waals surface area contributed by atoms with Crippen LogP contribution >= 0.6 is 15.6 Å². The van der Waals surface area contributed by atoms with Gasteiger partial charge in [0.1, 0.15) is 19.3 Å². The van der Waals surface area contributed by atoms with Crippen LogP contribution in [0.4, 0.5) is 0 Å². The van der Waals surface area contributed by atoms with Crippen LogP contribution in [-0.2, 0) is 65.4 Å². The third-order valence-corrected chi connectivity index (χ3v) is 19.9. The Bertz CT molecular complexity index is 1860. The molecule has 0 amide bonds. The van der Waals surface area contributed by atoms with E-state index < -0.39 is 97.5 Å². The van der Waals surface area contributed by atoms with Crippen LogP contribution in [0.3, 0.4) is 0 Å². The van der Waals surface area contributed by atoms with E-state index >= 15 is 0 Å². The fourth-order valence-electron chi connectivity index (χ4n) is 11.8. The maximum atomic E-state index is 13.1. The van der Waals surface area contributed by atoms with Gasteiger partial charge in [0.25, 0.3) is 0 Å². The van der Waals surface area contributed by atoms with Crippen molar-refractivity contribution in [1.82, 2.24) is 0 Å². The Labute approximate surface area is 588 Å². The molecule has 0 radical (unpaired) electrons. The van der Waals surface area contributed by atoms with Gasteiger partial charge < -0.3 is 33.8 Å². The monoisotopic (exact) mass is 1410 g/mol. The molecule has 0 saturated carbocycles. The van der Waals surface area contributed by atoms with Crippen molar-refractivity contribution in [3.8, 4) is 0 Å². The number of hydrogen-bond acceptors (Lipinski definition) is 15. The second-order valence-electron chi connectivity index (χ2n) is 28.7. The van der Waals surface area contributed by atoms with Crippen LogP contribution in [0.15, 0.2) is 0 Å². The van der Waals surface area contributed by atoms with Crippen LogP contribution in [0.25, 0.3) is 0 Å². The summed E-state index contributed by atoms with van der Waals surface area (Å²) in [5, 5.41) is 10.6. The molecule has 0 aliphatic rings. The van der Waals surface area contributed by atoms with E-state index in [2.05, 4.69) is 41.5 Å². The van der Waals surface area contributed by atoms with Crippen LogP contribution in [0.1, 0.15) is 401 Å². The molecule has 5 atom stereocenters. The van der Waals surface area contributed by atoms with Gasteiger partial charge in [-0.3, -0.25) is 37.3 Å². The fourth-order valence-corrected chi connectivity index (χ4v) is 13.4. The van der Waals surface area contributed by atoms with Crippen LogP contribution in [0.5, 0.6) is 0 Å². The van der Waals surface area contributed by atoms with Crippen molar-refractivity contribution in [3.63, 3.8) is 0 Å². The molecule has 0 aliphatic heterocycles. The molecule has 0 aromatic heterocycles. The number of hydrogen-bond donors (Lipinski definition) is 3. The molecule has 0 fully saturated rings. The highest BCUT2D eigenvalue weighted by molar-refractivity contribution is 7.47. The van der Waals surface area contributed by atoms with Crippen molar-refractivity contribution < 1.29 is 80.2 Å². The second kappa shape index (κ2) is 68.8. The lowest BCUT2D eigenvalue weighted by Gasteiger charge is -2.21. The topological polar surface area (TPSA) is 237 Å². The van der Waals surface area contributed by atoms with Crippen molar-refractivity contribution in [2.75, 3.05) is 39.6 Å². The first kappa shape index (κ1) is 94.1. The highest BCUT2D eigenvalue weighted by Crippen LogP contribution is 2.45. The summed E-state index contributed by atoms with van der Waals surface area (Å²) in [5.41, 5.74) is 0. The van der Waals surface area contributed by atoms with Gasteiger partial charge in [-0.1, -0.05) is 350 Å². The Hall–Kier alpha value is -1.94. The average Bonchev–Trinajstić information content (AvgIpc) is 1.73. The van der Waals surface area contributed by atoms with Gasteiger partial charge in [-0.15, -0.1) is 0 Å². The number of aliphatic hydroxyl groups excluding tert-OH is 1. The molecule has 17 nitrogen and oxygen atoms in total. The summed E-state index contributed by atoms with van der Waals surface area (Å²) < 4.78 is 68.5. The number of phosphoric acid groups is 2. The summed E-state index contributed by atoms with van der Waals surface area (Å²) in [7, 11) is -9.91. The Kier molecular flexibility index (Phi) is 67.4. The summed E-state index contributed by atoms with van der Waals surface area (Å²) in [5.74, 6) is -0.606. The first-order chi connectivity index (χ1) is 46.4. The van der Waals surface area contributed by atoms with Crippen molar-refractivity contribution in [3.05, 3.63) is 0 Å². The minimum atomic E-state index is -4.96. The highest BCUT2D eigenvalue weighted by atomic mass is 31.2. The molecule has 570 valence electrons. The molecule has 0 rings (SSSR count). The van der Waals surface area contributed by atoms with Crippen molar-refractivity contribution in [1.29, 1.82) is 0 Å². The molecule has 0 heterocycles. The summed E-state index contributed by atoms with van der Waals surface area (Å²) in [4.78, 5) is 72.8. The minimum absolute atomic E-state index is 0.105. The lowest BCUT2D eigenvalue weighted by Crippen LogP contribution is -2.30. The van der Waals surface area contributed by atoms with E-state index in [4.69, 9.17) is 37.0 Å². The number of ether oxygens (including phenoxy) is 4. The zero-order chi connectivity index (χ0) is 70.7. The van der Waals surface area contributed by atoms with Crippen molar-refractivity contribution in [2.24, 2.45) is 11.8 Å². The second-order valence-corrected chi connectivity index (χ2v) is 31.6. The summed E-state index contributed by atoms with van der Waals surface area (Å²) in [6.07, 6.45) is 56.9. The van der Waals surface area contributed by atoms with Gasteiger partial charge in [0, 0.05) is 25.7 Å². The number of aliphatic hydroxyl groups is 1. The zero-order valence-electron chi connectivity index (χ0n) is 62.7. The summed E-state index contributed by atoms with van der Waals surface area (Å²) in [6.45, 7) is 9.57. The Balaban J connectivity index is 5.22. The predicted molar refractivity (Wildman–Crippen MR) is 391 cm³/mol. The number of carbonyl (C=O) groups excluding carboxylic acids is 4. The smallest absolute Gasteiger partial charge is 0.462 e. The molecular formula is C77H150O17P2. The molecule has 0 spiro atoms. The van der Waals surface area contributed by atoms with Gasteiger partial charge in [-0.05, 0) is 37.5 Å². The quantitative estimate of drug-likeness (QED) is 0.0222. The van der Waals surface area contributed by atoms with Gasteiger partial charge in [-0.25, -0.2) is 9.13 Å². The third kappa shape index (κ3) is 70.5. The average molecular weight is 1410 g/mol. The fraction of sp³-hybridized carbons (Fsp3) is 0.948. The maximum Gasteiger partial charge on any atom is 0.472 e. The van der Waals surface area contributed by atoms with Crippen molar-refractivity contribution in [2.45, 2.75) is 419 Å². The Morgan fingerprint density at radius 2 is 0.479 bits per heavy atom. The molecule has 0 aliphatic carbocycles. The maximum absolute atomic E-state index is 13.1. The number of esters is 4. The molecule has 0 aromatic carbocycles. The lowest BCUT2D eigenvalue weighted by atomic mass is 10.0. The van der Waals surface area contributed by atoms with E-state index in [1.54, 1.807) is 0 Å². The van der Waals surface area contributed by atoms with E-state index in [1.165, 1.54) is 218 Å². The molecule has 0 bridgehead atoms. The molecule has 96 heavy (non-hydrogen) atoms. The SMILES string of the molecule is CCCCCCCCCCCCCCCCCCCCCC(=O)O[C@H](COC(=O)CCCCCCCCCCCCCCCC(C)C)COP(=O)(O)OC[C@@H](O)COP(=O)(O)OC[C@@H](COC(=O)CCCCCCCCCCCC)OC(=O)CCCCCCCCCCC(C)C. The van der Waals surface area contributed by atoms with E-state index in [0.717, 1.165) is 102 Å². The van der Waals surface area contributed by atoms with E-state index in [0.29, 0.717) is 25.7 Å². The predicted octanol–water partition coefficient (Wildman–Crippen LogP) is 22.7. The molecular weight excluding hydrogens is 1260 g/mol. The Morgan fingerprint density at radius 1 is 0.281 bits per heavy atom. The molecule has 0 saturated heterocycles. The van der Waals surface area contributed by atoms with Crippen LogP contribution in [0.2, 0.25) is 0 Å². The van der Waals surface area contributed by atoms with Crippen molar-refractivity contribution >= 4 is 39.5 Å². The van der Waals surface area contributed by atoms with E-state index in [9.17, 15) is 43.2 Å². The molecule has 0 aromatic rings. The van der Waals surface area contributed by atoms with Gasteiger partial charge in [0.05, 0.1) is 26.4 Å². The number of carbonyl (C=O) groups is 4. The van der Waals surface area contributed by atoms with Crippen LogP contribution in [-0.4, -0.2) is 96.7 Å². The zero-order valence-corrected chi connectivity index (χ0v) is 64.5. The Morgan fingerprint density at radius 3 is 0.708 bits per heavy atom. The van der Waals surface area contributed by atoms with Crippen LogP contribution < -0.4 is 0 Å². The highest BCUT2D eigenvalue weighted by Gasteiger charge is 2.30. The van der Waals surface area contributed by atoms with Gasteiger partial charge in [-0.2, -0.15) is 0 Å². The molecule has 3 N–H and O–H groups in total. The third-order valence-electron chi connectivity index (χ3n) is 18.0. The van der Waals surface area contributed by atoms with Crippen LogP contribution in [0, 0.1) is 11.8 Å². The minimum Gasteiger partial charge on any atom is -0.462 e. The van der Waals surface area contributed by atoms with Gasteiger partial charge in [0.15, 0.2) is 12.2 Å². The van der Waals surface area contributed by atoms with E-state index in [-0.39, 0.29) is 25.7 Å². The molecule has 2 unspecified atom stereocenters. The van der Waals surface area contributed by atoms with Gasteiger partial charge in [0.2, 0.25) is 0 Å². The standard InChI is InChI=1S/C77H150O17P2/c1-7-9-11-13-15-17-19-20-21-22-23-24-25-28-32-36-43-49-55-61-76(81)93-72(65-88-75(80)60-54-48-42-35-31-29-26-27-30-33-39-45-51-57-69(3)4)67-91-95(83,84)89-63-71(78)64-90-96(85,86)92-68-73(66-87-74(79)59-53-47-41-34-18-16-14-12-10-8-2)94-77(82)62-56-50-44-38-37-40-46-52-58-70(5)6/h69-73,78H,7-68H2,1-6H3,(H,83,84)(H,85,86)/t71-,72-,73-/m1/s1. The largest absolute Gasteiger partial charge is 0.472 e. The lowest BCUT2D eigenvalue weighted by molar-refractivity contribution is -0.161. The first-order valence-corrected chi connectivity index (χ1v) is 43.0. The normalized spacial score (nSPS) is 14.0. The van der Waals surface area contributed by atoms with Gasteiger partial charge >= 0.3 is 39.5 Å². The summed E-state index contributed by atoms with van der Waals surface area (Å²) in [6, 6.07) is 0. The number of rotatable bonds is 76. The molecule has 19 heteroatoms. The first-order valence-electron chi connectivity index (χ1n) is 40.0. The number of unbranched alkanes of at least 4 members (excludes halogenated alkanes) is 46. The number of phosphoric ester groups is 2.